The molecule has 0 aliphatic carbocycles. The maximum atomic E-state index is 12.5. The van der Waals surface area contributed by atoms with Crippen molar-refractivity contribution in [2.45, 2.75) is 18.7 Å². The maximum absolute atomic E-state index is 12.5. The van der Waals surface area contributed by atoms with Crippen LogP contribution >= 0.6 is 0 Å². The Labute approximate surface area is 84.7 Å². The number of hydrogen-bond donors (Lipinski definition) is 2. The van der Waals surface area contributed by atoms with E-state index in [0.717, 1.165) is 6.07 Å². The van der Waals surface area contributed by atoms with Crippen molar-refractivity contribution < 1.29 is 18.3 Å². The first-order valence-corrected chi connectivity index (χ1v) is 4.37. The third-order valence-corrected chi connectivity index (χ3v) is 1.90. The summed E-state index contributed by atoms with van der Waals surface area (Å²) in [6.07, 6.45) is -4.50. The molecule has 0 radical (unpaired) electrons. The van der Waals surface area contributed by atoms with Crippen molar-refractivity contribution in [2.75, 3.05) is 6.54 Å². The molecule has 0 aliphatic heterocycles. The van der Waals surface area contributed by atoms with Gasteiger partial charge in [-0.05, 0) is 25.1 Å². The van der Waals surface area contributed by atoms with Crippen LogP contribution in [0.1, 0.15) is 23.8 Å². The summed E-state index contributed by atoms with van der Waals surface area (Å²) < 4.78 is 37.4. The molecule has 0 spiro atoms. The number of alkyl halides is 3. The molecule has 0 bridgehead atoms. The van der Waals surface area contributed by atoms with Crippen LogP contribution in [0.2, 0.25) is 0 Å². The minimum atomic E-state index is -4.50. The van der Waals surface area contributed by atoms with Gasteiger partial charge in [-0.3, -0.25) is 4.98 Å². The Morgan fingerprint density at radius 1 is 1.47 bits per heavy atom. The summed E-state index contributed by atoms with van der Waals surface area (Å²) in [6, 6.07) is 2.07. The molecular weight excluding hydrogens is 209 g/mol. The first-order valence-electron chi connectivity index (χ1n) is 4.37. The predicted molar refractivity (Wildman–Crippen MR) is 47.9 cm³/mol. The van der Waals surface area contributed by atoms with Crippen molar-refractivity contribution in [1.29, 1.82) is 0 Å². The second-order valence-electron chi connectivity index (χ2n) is 3.03. The molecule has 6 heteroatoms. The highest BCUT2D eigenvalue weighted by Gasteiger charge is 2.35. The zero-order valence-electron chi connectivity index (χ0n) is 7.83. The molecular formula is C9H11F3N2O. The quantitative estimate of drug-likeness (QED) is 0.811. The van der Waals surface area contributed by atoms with Crippen LogP contribution in [0, 0.1) is 0 Å². The lowest BCUT2D eigenvalue weighted by atomic mass is 10.1. The van der Waals surface area contributed by atoms with Gasteiger partial charge in [-0.15, -0.1) is 0 Å². The van der Waals surface area contributed by atoms with Crippen LogP contribution in [0.25, 0.3) is 0 Å². The number of halogens is 3. The highest BCUT2D eigenvalue weighted by atomic mass is 19.4. The van der Waals surface area contributed by atoms with Crippen LogP contribution < -0.4 is 5.73 Å². The number of hydrogen-bond acceptors (Lipinski definition) is 3. The number of aromatic nitrogens is 1. The largest absolute Gasteiger partial charge is 0.418 e. The predicted octanol–water partition coefficient (Wildman–Crippen LogP) is 1.48. The molecule has 3 N–H and O–H groups in total. The van der Waals surface area contributed by atoms with E-state index in [9.17, 15) is 18.3 Å². The van der Waals surface area contributed by atoms with Crippen LogP contribution in [0.3, 0.4) is 0 Å². The van der Waals surface area contributed by atoms with E-state index in [1.54, 1.807) is 0 Å². The molecule has 84 valence electrons. The summed E-state index contributed by atoms with van der Waals surface area (Å²) in [7, 11) is 0. The average Bonchev–Trinajstić information content (AvgIpc) is 2.17. The summed E-state index contributed by atoms with van der Waals surface area (Å²) in [4.78, 5) is 3.54. The molecule has 0 saturated heterocycles. The molecule has 1 aromatic heterocycles. The van der Waals surface area contributed by atoms with Gasteiger partial charge in [-0.25, -0.2) is 0 Å². The van der Waals surface area contributed by atoms with E-state index >= 15 is 0 Å². The smallest absolute Gasteiger partial charge is 0.387 e. The lowest BCUT2D eigenvalue weighted by molar-refractivity contribution is -0.139. The number of nitrogens with zero attached hydrogens (tertiary/aromatic N) is 1. The van der Waals surface area contributed by atoms with E-state index in [0.29, 0.717) is 0 Å². The first kappa shape index (κ1) is 11.9. The lowest BCUT2D eigenvalue weighted by Crippen LogP contribution is -2.15. The monoisotopic (exact) mass is 220 g/mol. The van der Waals surface area contributed by atoms with Gasteiger partial charge in [-0.2, -0.15) is 13.2 Å². The number of rotatable bonds is 3. The second kappa shape index (κ2) is 4.59. The van der Waals surface area contributed by atoms with Crippen molar-refractivity contribution in [3.05, 3.63) is 29.6 Å². The van der Waals surface area contributed by atoms with Gasteiger partial charge >= 0.3 is 6.18 Å². The molecule has 0 aromatic carbocycles. The number of nitrogens with two attached hydrogens (primary N) is 1. The van der Waals surface area contributed by atoms with Gasteiger partial charge in [0.1, 0.15) is 0 Å². The number of aliphatic hydroxyl groups excluding tert-OH is 1. The molecule has 0 amide bonds. The van der Waals surface area contributed by atoms with E-state index in [4.69, 9.17) is 5.73 Å². The lowest BCUT2D eigenvalue weighted by Gasteiger charge is -2.15. The Hall–Kier alpha value is -1.14. The molecule has 0 aliphatic rings. The van der Waals surface area contributed by atoms with Crippen LogP contribution in [0.5, 0.6) is 0 Å². The fourth-order valence-corrected chi connectivity index (χ4v) is 1.22. The normalized spacial score (nSPS) is 13.9. The fraction of sp³-hybridized carbons (Fsp3) is 0.444. The molecule has 1 heterocycles. The van der Waals surface area contributed by atoms with Gasteiger partial charge in [0.2, 0.25) is 0 Å². The third kappa shape index (κ3) is 2.90. The van der Waals surface area contributed by atoms with E-state index < -0.39 is 17.8 Å². The topological polar surface area (TPSA) is 59.1 Å². The summed E-state index contributed by atoms with van der Waals surface area (Å²) in [6.45, 7) is 0.106. The molecule has 1 aromatic rings. The Balaban J connectivity index is 3.06. The molecule has 1 rings (SSSR count). The first-order chi connectivity index (χ1) is 6.96. The zero-order chi connectivity index (χ0) is 11.5. The fourth-order valence-electron chi connectivity index (χ4n) is 1.22. The second-order valence-corrected chi connectivity index (χ2v) is 3.03. The van der Waals surface area contributed by atoms with Gasteiger partial charge in [0, 0.05) is 6.20 Å². The van der Waals surface area contributed by atoms with E-state index in [-0.39, 0.29) is 18.7 Å². The average molecular weight is 220 g/mol. The summed E-state index contributed by atoms with van der Waals surface area (Å²) in [5.74, 6) is 0. The number of pyridine rings is 1. The van der Waals surface area contributed by atoms with Crippen molar-refractivity contribution in [3.8, 4) is 0 Å². The maximum Gasteiger partial charge on any atom is 0.418 e. The van der Waals surface area contributed by atoms with Gasteiger partial charge in [-0.1, -0.05) is 0 Å². The molecule has 0 saturated carbocycles. The van der Waals surface area contributed by atoms with E-state index in [2.05, 4.69) is 4.98 Å². The van der Waals surface area contributed by atoms with Crippen LogP contribution in [-0.4, -0.2) is 16.6 Å². The van der Waals surface area contributed by atoms with Gasteiger partial charge < -0.3 is 10.8 Å². The van der Waals surface area contributed by atoms with Crippen molar-refractivity contribution >= 4 is 0 Å². The van der Waals surface area contributed by atoms with Crippen LogP contribution in [0.15, 0.2) is 18.3 Å². The summed E-state index contributed by atoms with van der Waals surface area (Å²) in [5, 5.41) is 9.42. The Morgan fingerprint density at radius 3 is 2.67 bits per heavy atom. The molecule has 0 fully saturated rings. The van der Waals surface area contributed by atoms with Gasteiger partial charge in [0.15, 0.2) is 0 Å². The highest BCUT2D eigenvalue weighted by molar-refractivity contribution is 5.24. The summed E-state index contributed by atoms with van der Waals surface area (Å²) in [5.41, 5.74) is 3.88. The SMILES string of the molecule is NCC[C@H](O)c1ncccc1C(F)(F)F. The van der Waals surface area contributed by atoms with Crippen LogP contribution in [0.4, 0.5) is 13.2 Å². The van der Waals surface area contributed by atoms with Crippen molar-refractivity contribution in [2.24, 2.45) is 5.73 Å². The standard InChI is InChI=1S/C9H11F3N2O/c10-9(11,12)6-2-1-5-14-8(6)7(15)3-4-13/h1-2,5,7,15H,3-4,13H2/t7-/m0/s1. The Morgan fingerprint density at radius 2 is 2.13 bits per heavy atom. The highest BCUT2D eigenvalue weighted by Crippen LogP contribution is 2.33. The molecule has 1 atom stereocenters. The third-order valence-electron chi connectivity index (χ3n) is 1.90. The zero-order valence-corrected chi connectivity index (χ0v) is 7.83. The minimum absolute atomic E-state index is 0.0556. The Kier molecular flexibility index (Phi) is 3.65. The van der Waals surface area contributed by atoms with E-state index in [1.807, 2.05) is 0 Å². The Bertz CT molecular complexity index is 327. The van der Waals surface area contributed by atoms with Gasteiger partial charge in [0.25, 0.3) is 0 Å². The molecule has 3 nitrogen and oxygen atoms in total. The molecule has 0 unspecified atom stereocenters. The number of aliphatic hydroxyl groups is 1. The molecule has 15 heavy (non-hydrogen) atoms. The van der Waals surface area contributed by atoms with Crippen molar-refractivity contribution in [3.63, 3.8) is 0 Å². The van der Waals surface area contributed by atoms with E-state index in [1.165, 1.54) is 12.3 Å². The van der Waals surface area contributed by atoms with Crippen LogP contribution in [-0.2, 0) is 6.18 Å². The van der Waals surface area contributed by atoms with Crippen molar-refractivity contribution in [1.82, 2.24) is 4.98 Å². The van der Waals surface area contributed by atoms with Gasteiger partial charge in [0.05, 0.1) is 17.4 Å². The summed E-state index contributed by atoms with van der Waals surface area (Å²) >= 11 is 0. The minimum Gasteiger partial charge on any atom is -0.387 e.